The topological polar surface area (TPSA) is 22.4 Å². The van der Waals surface area contributed by atoms with Gasteiger partial charge in [0.15, 0.2) is 0 Å². The average molecular weight is 238 g/mol. The van der Waals surface area contributed by atoms with Crippen molar-refractivity contribution >= 4 is 11.0 Å². The molecule has 3 rings (SSSR count). The summed E-state index contributed by atoms with van der Waals surface area (Å²) in [6.45, 7) is 2.59. The predicted octanol–water partition coefficient (Wildman–Crippen LogP) is 4.32. The van der Waals surface area contributed by atoms with Gasteiger partial charge in [0.1, 0.15) is 17.9 Å². The van der Waals surface area contributed by atoms with E-state index in [0.29, 0.717) is 6.61 Å². The van der Waals surface area contributed by atoms with E-state index in [1.807, 2.05) is 48.5 Å². The number of furan rings is 1. The van der Waals surface area contributed by atoms with Crippen molar-refractivity contribution in [3.05, 3.63) is 65.9 Å². The molecule has 0 aliphatic carbocycles. The summed E-state index contributed by atoms with van der Waals surface area (Å²) in [5.74, 6) is 0.880. The summed E-state index contributed by atoms with van der Waals surface area (Å²) in [6.07, 6.45) is 1.76. The lowest BCUT2D eigenvalue weighted by Gasteiger charge is -2.04. The lowest BCUT2D eigenvalue weighted by Crippen LogP contribution is -1.94. The molecule has 0 saturated carbocycles. The van der Waals surface area contributed by atoms with Gasteiger partial charge in [-0.3, -0.25) is 0 Å². The Morgan fingerprint density at radius 2 is 1.78 bits per heavy atom. The number of ether oxygens (including phenoxy) is 1. The van der Waals surface area contributed by atoms with Gasteiger partial charge in [0.2, 0.25) is 0 Å². The van der Waals surface area contributed by atoms with Crippen LogP contribution in [0.1, 0.15) is 11.1 Å². The van der Waals surface area contributed by atoms with Gasteiger partial charge in [-0.1, -0.05) is 35.9 Å². The Labute approximate surface area is 106 Å². The number of rotatable bonds is 3. The molecule has 0 unspecified atom stereocenters. The quantitative estimate of drug-likeness (QED) is 0.678. The molecule has 0 spiro atoms. The fourth-order valence-corrected chi connectivity index (χ4v) is 1.94. The van der Waals surface area contributed by atoms with Gasteiger partial charge in [0.25, 0.3) is 0 Å². The van der Waals surface area contributed by atoms with E-state index in [4.69, 9.17) is 9.15 Å². The highest BCUT2D eigenvalue weighted by Crippen LogP contribution is 2.22. The first-order chi connectivity index (χ1) is 8.83. The zero-order valence-electron chi connectivity index (χ0n) is 10.2. The first-order valence-electron chi connectivity index (χ1n) is 5.97. The fourth-order valence-electron chi connectivity index (χ4n) is 1.94. The van der Waals surface area contributed by atoms with Gasteiger partial charge in [-0.2, -0.15) is 0 Å². The van der Waals surface area contributed by atoms with Crippen LogP contribution < -0.4 is 4.74 Å². The highest BCUT2D eigenvalue weighted by molar-refractivity contribution is 5.80. The summed E-state index contributed by atoms with van der Waals surface area (Å²) in [5.41, 5.74) is 3.21. The number of aryl methyl sites for hydroxylation is 1. The standard InChI is InChI=1S/C16H14O2/c1-12-6-8-14(9-7-12)17-10-13-11-18-16-5-3-2-4-15(13)16/h2-9,11H,10H2,1H3. The number of hydrogen-bond donors (Lipinski definition) is 0. The molecule has 0 amide bonds. The fraction of sp³-hybridized carbons (Fsp3) is 0.125. The van der Waals surface area contributed by atoms with Crippen LogP contribution in [0.25, 0.3) is 11.0 Å². The minimum absolute atomic E-state index is 0.528. The van der Waals surface area contributed by atoms with Crippen molar-refractivity contribution in [2.45, 2.75) is 13.5 Å². The van der Waals surface area contributed by atoms with E-state index in [2.05, 4.69) is 6.92 Å². The molecule has 0 aliphatic rings. The van der Waals surface area contributed by atoms with Crippen molar-refractivity contribution < 1.29 is 9.15 Å². The smallest absolute Gasteiger partial charge is 0.134 e. The van der Waals surface area contributed by atoms with Crippen molar-refractivity contribution in [2.75, 3.05) is 0 Å². The Kier molecular flexibility index (Phi) is 2.77. The van der Waals surface area contributed by atoms with Crippen LogP contribution in [-0.4, -0.2) is 0 Å². The van der Waals surface area contributed by atoms with Crippen LogP contribution in [-0.2, 0) is 6.61 Å². The monoisotopic (exact) mass is 238 g/mol. The Bertz CT molecular complexity index is 650. The van der Waals surface area contributed by atoms with Crippen LogP contribution >= 0.6 is 0 Å². The molecular weight excluding hydrogens is 224 g/mol. The maximum atomic E-state index is 5.75. The lowest BCUT2D eigenvalue weighted by molar-refractivity contribution is 0.306. The van der Waals surface area contributed by atoms with Gasteiger partial charge in [-0.05, 0) is 25.1 Å². The van der Waals surface area contributed by atoms with Crippen molar-refractivity contribution in [2.24, 2.45) is 0 Å². The summed E-state index contributed by atoms with van der Waals surface area (Å²) in [6, 6.07) is 16.0. The zero-order chi connectivity index (χ0) is 12.4. The maximum absolute atomic E-state index is 5.75. The van der Waals surface area contributed by atoms with Crippen molar-refractivity contribution in [1.29, 1.82) is 0 Å². The van der Waals surface area contributed by atoms with Gasteiger partial charge >= 0.3 is 0 Å². The maximum Gasteiger partial charge on any atom is 0.134 e. The summed E-state index contributed by atoms with van der Waals surface area (Å²) in [4.78, 5) is 0. The number of benzene rings is 2. The van der Waals surface area contributed by atoms with E-state index >= 15 is 0 Å². The van der Waals surface area contributed by atoms with Crippen molar-refractivity contribution in [1.82, 2.24) is 0 Å². The number of hydrogen-bond acceptors (Lipinski definition) is 2. The molecule has 1 heterocycles. The Hall–Kier alpha value is -2.22. The molecule has 0 bridgehead atoms. The molecule has 2 heteroatoms. The SMILES string of the molecule is Cc1ccc(OCc2coc3ccccc23)cc1. The zero-order valence-corrected chi connectivity index (χ0v) is 10.2. The Morgan fingerprint density at radius 3 is 2.61 bits per heavy atom. The molecule has 18 heavy (non-hydrogen) atoms. The van der Waals surface area contributed by atoms with Crippen LogP contribution in [0.2, 0.25) is 0 Å². The van der Waals surface area contributed by atoms with Crippen LogP contribution in [0.4, 0.5) is 0 Å². The van der Waals surface area contributed by atoms with E-state index in [1.165, 1.54) is 5.56 Å². The first-order valence-corrected chi connectivity index (χ1v) is 5.97. The normalized spacial score (nSPS) is 10.7. The van der Waals surface area contributed by atoms with Gasteiger partial charge in [-0.25, -0.2) is 0 Å². The number of para-hydroxylation sites is 1. The molecule has 0 N–H and O–H groups in total. The molecule has 2 nitrogen and oxygen atoms in total. The summed E-state index contributed by atoms with van der Waals surface area (Å²) >= 11 is 0. The Morgan fingerprint density at radius 1 is 1.00 bits per heavy atom. The van der Waals surface area contributed by atoms with E-state index < -0.39 is 0 Å². The lowest BCUT2D eigenvalue weighted by atomic mass is 10.2. The predicted molar refractivity (Wildman–Crippen MR) is 71.7 cm³/mol. The second-order valence-corrected chi connectivity index (χ2v) is 4.36. The van der Waals surface area contributed by atoms with E-state index in [0.717, 1.165) is 22.3 Å². The van der Waals surface area contributed by atoms with Gasteiger partial charge in [0.05, 0.1) is 6.26 Å². The number of fused-ring (bicyclic) bond motifs is 1. The molecule has 0 atom stereocenters. The second-order valence-electron chi connectivity index (χ2n) is 4.36. The summed E-state index contributed by atoms with van der Waals surface area (Å²) < 4.78 is 11.2. The molecule has 3 aromatic rings. The highest BCUT2D eigenvalue weighted by atomic mass is 16.5. The minimum atomic E-state index is 0.528. The largest absolute Gasteiger partial charge is 0.489 e. The summed E-state index contributed by atoms with van der Waals surface area (Å²) in [5, 5.41) is 1.12. The average Bonchev–Trinajstić information content (AvgIpc) is 2.82. The third-order valence-corrected chi connectivity index (χ3v) is 2.98. The Balaban J connectivity index is 1.79. The van der Waals surface area contributed by atoms with E-state index in [-0.39, 0.29) is 0 Å². The second kappa shape index (κ2) is 4.57. The first kappa shape index (κ1) is 10.9. The van der Waals surface area contributed by atoms with Gasteiger partial charge in [0, 0.05) is 10.9 Å². The molecule has 2 aromatic carbocycles. The van der Waals surface area contributed by atoms with E-state index in [9.17, 15) is 0 Å². The van der Waals surface area contributed by atoms with Crippen LogP contribution in [0.5, 0.6) is 5.75 Å². The van der Waals surface area contributed by atoms with Gasteiger partial charge < -0.3 is 9.15 Å². The van der Waals surface area contributed by atoms with Crippen LogP contribution in [0.3, 0.4) is 0 Å². The molecular formula is C16H14O2. The van der Waals surface area contributed by atoms with Crippen LogP contribution in [0.15, 0.2) is 59.2 Å². The third-order valence-electron chi connectivity index (χ3n) is 2.98. The van der Waals surface area contributed by atoms with Crippen molar-refractivity contribution in [3.8, 4) is 5.75 Å². The molecule has 1 aromatic heterocycles. The molecule has 0 saturated heterocycles. The van der Waals surface area contributed by atoms with Gasteiger partial charge in [-0.15, -0.1) is 0 Å². The molecule has 0 aliphatic heterocycles. The molecule has 0 fully saturated rings. The van der Waals surface area contributed by atoms with Crippen molar-refractivity contribution in [3.63, 3.8) is 0 Å². The molecule has 90 valence electrons. The minimum Gasteiger partial charge on any atom is -0.489 e. The summed E-state index contributed by atoms with van der Waals surface area (Å²) in [7, 11) is 0. The highest BCUT2D eigenvalue weighted by Gasteiger charge is 2.05. The molecule has 0 radical (unpaired) electrons. The van der Waals surface area contributed by atoms with Crippen LogP contribution in [0, 0.1) is 6.92 Å². The third kappa shape index (κ3) is 2.09. The van der Waals surface area contributed by atoms with E-state index in [1.54, 1.807) is 6.26 Å².